The number of hydrogen-bond donors (Lipinski definition) is 1. The molecule has 0 unspecified atom stereocenters. The molecule has 0 amide bonds. The smallest absolute Gasteiger partial charge is 0.333 e. The van der Waals surface area contributed by atoms with Crippen molar-refractivity contribution in [2.24, 2.45) is 23.7 Å². The summed E-state index contributed by atoms with van der Waals surface area (Å²) in [6.07, 6.45) is 2.90. The summed E-state index contributed by atoms with van der Waals surface area (Å²) >= 11 is 5.90. The Kier molecular flexibility index (Phi) is 5.63. The van der Waals surface area contributed by atoms with E-state index in [9.17, 15) is 9.90 Å². The summed E-state index contributed by atoms with van der Waals surface area (Å²) in [6, 6.07) is 7.14. The average Bonchev–Trinajstić information content (AvgIpc) is 2.99. The molecule has 6 rings (SSSR count). The highest BCUT2D eigenvalue weighted by Gasteiger charge is 2.71. The van der Waals surface area contributed by atoms with Crippen molar-refractivity contribution in [3.8, 4) is 0 Å². The van der Waals surface area contributed by atoms with Crippen LogP contribution in [0.3, 0.4) is 0 Å². The molecule has 1 aromatic carbocycles. The molecule has 2 bridgehead atoms. The molecule has 4 aliphatic heterocycles. The summed E-state index contributed by atoms with van der Waals surface area (Å²) in [4.78, 5) is 24.4. The summed E-state index contributed by atoms with van der Waals surface area (Å²) in [6.45, 7) is 5.82. The van der Waals surface area contributed by atoms with E-state index in [4.69, 9.17) is 35.6 Å². The van der Waals surface area contributed by atoms with Crippen LogP contribution in [0.1, 0.15) is 45.6 Å². The molecule has 7 nitrogen and oxygen atoms in total. The maximum Gasteiger partial charge on any atom is 0.333 e. The molecule has 1 spiro atoms. The van der Waals surface area contributed by atoms with Crippen LogP contribution in [-0.2, 0) is 28.8 Å². The van der Waals surface area contributed by atoms with Crippen molar-refractivity contribution in [2.45, 2.75) is 70.1 Å². The molecule has 1 aromatic rings. The highest BCUT2D eigenvalue weighted by Crippen LogP contribution is 2.60. The van der Waals surface area contributed by atoms with Gasteiger partial charge in [0.25, 0.3) is 0 Å². The number of aliphatic hydroxyl groups is 1. The summed E-state index contributed by atoms with van der Waals surface area (Å²) in [5, 5.41) is 11.4. The Bertz CT molecular complexity index is 900. The molecule has 8 heteroatoms. The summed E-state index contributed by atoms with van der Waals surface area (Å²) < 4.78 is 18.2. The van der Waals surface area contributed by atoms with Gasteiger partial charge in [-0.2, -0.15) is 0 Å². The van der Waals surface area contributed by atoms with Gasteiger partial charge in [-0.25, -0.2) is 14.6 Å². The SMILES string of the molecule is C[C@@H]1[C@H](O)C[C@H]2[C@@H](C)[C@H](OC(=O)/C=C/c3ccc(Cl)cc3)O[C@@H]3O[C@@]4(C)CC[C@@H]1[C@]32OO4. The Morgan fingerprint density at radius 3 is 2.69 bits per heavy atom. The Morgan fingerprint density at radius 2 is 1.94 bits per heavy atom. The summed E-state index contributed by atoms with van der Waals surface area (Å²) in [5.41, 5.74) is -0.00567. The molecule has 4 saturated heterocycles. The van der Waals surface area contributed by atoms with Crippen molar-refractivity contribution in [1.29, 1.82) is 0 Å². The van der Waals surface area contributed by atoms with E-state index in [-0.39, 0.29) is 23.7 Å². The Labute approximate surface area is 192 Å². The third kappa shape index (κ3) is 3.59. The largest absolute Gasteiger partial charge is 0.432 e. The van der Waals surface area contributed by atoms with Crippen molar-refractivity contribution in [1.82, 2.24) is 0 Å². The first-order valence-corrected chi connectivity index (χ1v) is 11.6. The van der Waals surface area contributed by atoms with Crippen LogP contribution in [0.15, 0.2) is 30.3 Å². The zero-order valence-corrected chi connectivity index (χ0v) is 19.2. The Balaban J connectivity index is 1.38. The van der Waals surface area contributed by atoms with Crippen LogP contribution in [-0.4, -0.2) is 41.1 Å². The van der Waals surface area contributed by atoms with Gasteiger partial charge in [-0.3, -0.25) is 0 Å². The summed E-state index contributed by atoms with van der Waals surface area (Å²) in [7, 11) is 0. The third-order valence-electron chi connectivity index (χ3n) is 7.73. The fourth-order valence-corrected chi connectivity index (χ4v) is 5.98. The molecule has 9 atom stereocenters. The molecular weight excluding hydrogens is 436 g/mol. The second-order valence-corrected chi connectivity index (χ2v) is 10.1. The molecule has 0 radical (unpaired) electrons. The minimum atomic E-state index is -0.938. The minimum Gasteiger partial charge on any atom is -0.432 e. The lowest BCUT2D eigenvalue weighted by atomic mass is 9.57. The van der Waals surface area contributed by atoms with E-state index in [1.165, 1.54) is 6.08 Å². The van der Waals surface area contributed by atoms with Crippen LogP contribution in [0.2, 0.25) is 5.02 Å². The minimum absolute atomic E-state index is 0.00878. The molecular formula is C24H29ClO7. The van der Waals surface area contributed by atoms with Crippen LogP contribution in [0.5, 0.6) is 0 Å². The van der Waals surface area contributed by atoms with E-state index in [2.05, 4.69) is 0 Å². The quantitative estimate of drug-likeness (QED) is 0.410. The van der Waals surface area contributed by atoms with Crippen LogP contribution >= 0.6 is 11.6 Å². The molecule has 174 valence electrons. The lowest BCUT2D eigenvalue weighted by molar-refractivity contribution is -0.577. The first-order chi connectivity index (χ1) is 15.2. The van der Waals surface area contributed by atoms with Gasteiger partial charge in [0.05, 0.1) is 6.10 Å². The van der Waals surface area contributed by atoms with E-state index < -0.39 is 36.0 Å². The van der Waals surface area contributed by atoms with Crippen molar-refractivity contribution in [2.75, 3.05) is 0 Å². The highest BCUT2D eigenvalue weighted by molar-refractivity contribution is 6.30. The van der Waals surface area contributed by atoms with Crippen molar-refractivity contribution in [3.05, 3.63) is 40.9 Å². The normalized spacial score (nSPS) is 45.3. The van der Waals surface area contributed by atoms with Crippen LogP contribution in [0.25, 0.3) is 6.08 Å². The van der Waals surface area contributed by atoms with E-state index in [0.29, 0.717) is 17.9 Å². The van der Waals surface area contributed by atoms with Gasteiger partial charge in [-0.15, -0.1) is 0 Å². The number of carbonyl (C=O) groups excluding carboxylic acids is 1. The van der Waals surface area contributed by atoms with Crippen molar-refractivity contribution < 1.29 is 33.9 Å². The number of carbonyl (C=O) groups is 1. The van der Waals surface area contributed by atoms with Gasteiger partial charge in [0.15, 0.2) is 11.9 Å². The second kappa shape index (κ2) is 8.08. The number of rotatable bonds is 3. The van der Waals surface area contributed by atoms with Crippen molar-refractivity contribution >= 4 is 23.6 Å². The van der Waals surface area contributed by atoms with Gasteiger partial charge in [0, 0.05) is 35.3 Å². The molecule has 5 aliphatic rings. The van der Waals surface area contributed by atoms with Gasteiger partial charge in [-0.05, 0) is 49.5 Å². The lowest BCUT2D eigenvalue weighted by Gasteiger charge is -2.60. The molecule has 1 aliphatic carbocycles. The molecule has 1 N–H and O–H groups in total. The topological polar surface area (TPSA) is 83.5 Å². The number of benzene rings is 1. The second-order valence-electron chi connectivity index (χ2n) is 9.70. The fourth-order valence-electron chi connectivity index (χ4n) is 5.85. The van der Waals surface area contributed by atoms with Gasteiger partial charge >= 0.3 is 5.97 Å². The van der Waals surface area contributed by atoms with E-state index >= 15 is 0 Å². The van der Waals surface area contributed by atoms with Gasteiger partial charge in [0.2, 0.25) is 12.1 Å². The highest BCUT2D eigenvalue weighted by atomic mass is 35.5. The number of ether oxygens (including phenoxy) is 3. The fraction of sp³-hybridized carbons (Fsp3) is 0.625. The first-order valence-electron chi connectivity index (χ1n) is 11.2. The predicted octanol–water partition coefficient (Wildman–Crippen LogP) is 4.08. The molecule has 1 saturated carbocycles. The number of esters is 1. The molecule has 5 fully saturated rings. The predicted molar refractivity (Wildman–Crippen MR) is 115 cm³/mol. The van der Waals surface area contributed by atoms with Gasteiger partial charge in [-0.1, -0.05) is 37.6 Å². The first kappa shape index (κ1) is 22.3. The van der Waals surface area contributed by atoms with E-state index in [0.717, 1.165) is 12.0 Å². The third-order valence-corrected chi connectivity index (χ3v) is 7.98. The molecule has 4 heterocycles. The maximum atomic E-state index is 12.6. The Hall–Kier alpha value is -1.48. The zero-order chi connectivity index (χ0) is 22.7. The van der Waals surface area contributed by atoms with Gasteiger partial charge in [0.1, 0.15) is 0 Å². The number of fused-ring (bicyclic) bond motifs is 2. The molecule has 32 heavy (non-hydrogen) atoms. The Morgan fingerprint density at radius 1 is 1.19 bits per heavy atom. The standard InChI is InChI=1S/C24H29ClO7/c1-13-17-10-11-23(3)30-22-24(17,32-31-23)18(12-19(13)26)14(2)21(29-22)28-20(27)9-6-15-4-7-16(25)8-5-15/h4-9,13-14,17-19,21-22,26H,10-12H2,1-3H3/b9-6+/t13-,14+,17-,18-,19+,21+,22+,23+,24+/m0/s1. The summed E-state index contributed by atoms with van der Waals surface area (Å²) in [5.74, 6) is -1.81. The van der Waals surface area contributed by atoms with Crippen molar-refractivity contribution in [3.63, 3.8) is 0 Å². The number of aliphatic hydroxyl groups excluding tert-OH is 1. The van der Waals surface area contributed by atoms with E-state index in [1.54, 1.807) is 18.2 Å². The van der Waals surface area contributed by atoms with Crippen LogP contribution in [0.4, 0.5) is 0 Å². The van der Waals surface area contributed by atoms with Crippen LogP contribution < -0.4 is 0 Å². The monoisotopic (exact) mass is 464 g/mol. The number of hydrogen-bond acceptors (Lipinski definition) is 7. The van der Waals surface area contributed by atoms with Gasteiger partial charge < -0.3 is 19.3 Å². The zero-order valence-electron chi connectivity index (χ0n) is 18.4. The average molecular weight is 465 g/mol. The number of halogens is 1. The maximum absolute atomic E-state index is 12.6. The van der Waals surface area contributed by atoms with E-state index in [1.807, 2.05) is 32.9 Å². The lowest BCUT2D eigenvalue weighted by Crippen LogP contribution is -2.72. The van der Waals surface area contributed by atoms with Crippen LogP contribution in [0, 0.1) is 23.7 Å². The molecule has 0 aromatic heterocycles.